The van der Waals surface area contributed by atoms with E-state index in [1.807, 2.05) is 0 Å². The van der Waals surface area contributed by atoms with Crippen molar-refractivity contribution < 1.29 is 4.74 Å². The Morgan fingerprint density at radius 3 is 2.85 bits per heavy atom. The van der Waals surface area contributed by atoms with Gasteiger partial charge in [0.05, 0.1) is 18.9 Å². The molecular formula is C16H25N3O. The maximum absolute atomic E-state index is 5.43. The van der Waals surface area contributed by atoms with E-state index in [0.29, 0.717) is 11.8 Å². The van der Waals surface area contributed by atoms with E-state index in [4.69, 9.17) is 9.72 Å². The highest BCUT2D eigenvalue weighted by atomic mass is 16.5. The molecule has 1 aromatic rings. The van der Waals surface area contributed by atoms with Crippen LogP contribution in [0.3, 0.4) is 0 Å². The molecule has 0 bridgehead atoms. The summed E-state index contributed by atoms with van der Waals surface area (Å²) < 4.78 is 5.43. The number of pyridine rings is 1. The summed E-state index contributed by atoms with van der Waals surface area (Å²) in [5, 5.41) is 3.55. The summed E-state index contributed by atoms with van der Waals surface area (Å²) in [6, 6.07) is 4.47. The zero-order valence-electron chi connectivity index (χ0n) is 12.6. The number of nitrogens with zero attached hydrogens (tertiary/aromatic N) is 2. The quantitative estimate of drug-likeness (QED) is 0.893. The number of ether oxygens (including phenoxy) is 1. The van der Waals surface area contributed by atoms with Gasteiger partial charge in [-0.3, -0.25) is 0 Å². The SMILES string of the molecule is CC(C)C1CNCCc2ccc(N3CCOCC3)nc21. The summed E-state index contributed by atoms with van der Waals surface area (Å²) in [4.78, 5) is 7.38. The Hall–Kier alpha value is -1.13. The fourth-order valence-corrected chi connectivity index (χ4v) is 3.12. The van der Waals surface area contributed by atoms with Gasteiger partial charge in [0, 0.05) is 25.6 Å². The Morgan fingerprint density at radius 1 is 1.30 bits per heavy atom. The van der Waals surface area contributed by atoms with Crippen molar-refractivity contribution in [2.24, 2.45) is 5.92 Å². The molecule has 0 aromatic carbocycles. The average Bonchev–Trinajstić information content (AvgIpc) is 2.69. The molecule has 0 spiro atoms. The standard InChI is InChI=1S/C16H25N3O/c1-12(2)14-11-17-6-5-13-3-4-15(18-16(13)14)19-7-9-20-10-8-19/h3-4,12,14,17H,5-11H2,1-2H3. The maximum atomic E-state index is 5.43. The summed E-state index contributed by atoms with van der Waals surface area (Å²) in [5.74, 6) is 2.26. The normalized spacial score (nSPS) is 23.6. The second kappa shape index (κ2) is 6.10. The highest BCUT2D eigenvalue weighted by Gasteiger charge is 2.24. The molecule has 110 valence electrons. The Morgan fingerprint density at radius 2 is 2.10 bits per heavy atom. The first-order chi connectivity index (χ1) is 9.75. The Bertz CT molecular complexity index is 455. The Kier molecular flexibility index (Phi) is 4.22. The second-order valence-corrected chi connectivity index (χ2v) is 6.12. The molecule has 20 heavy (non-hydrogen) atoms. The lowest BCUT2D eigenvalue weighted by molar-refractivity contribution is 0.122. The first-order valence-electron chi connectivity index (χ1n) is 7.79. The first kappa shape index (κ1) is 13.8. The van der Waals surface area contributed by atoms with Gasteiger partial charge in [0.2, 0.25) is 0 Å². The maximum Gasteiger partial charge on any atom is 0.128 e. The highest BCUT2D eigenvalue weighted by Crippen LogP contribution is 2.29. The summed E-state index contributed by atoms with van der Waals surface area (Å²) in [7, 11) is 0. The van der Waals surface area contributed by atoms with Crippen LogP contribution >= 0.6 is 0 Å². The number of anilines is 1. The van der Waals surface area contributed by atoms with Crippen LogP contribution in [0.5, 0.6) is 0 Å². The van der Waals surface area contributed by atoms with Crippen molar-refractivity contribution in [3.8, 4) is 0 Å². The van der Waals surface area contributed by atoms with Crippen LogP contribution < -0.4 is 10.2 Å². The lowest BCUT2D eigenvalue weighted by atomic mass is 9.89. The van der Waals surface area contributed by atoms with Gasteiger partial charge < -0.3 is 15.0 Å². The number of aromatic nitrogens is 1. The van der Waals surface area contributed by atoms with Crippen molar-refractivity contribution in [3.05, 3.63) is 23.4 Å². The Balaban J connectivity index is 1.91. The third-order valence-electron chi connectivity index (χ3n) is 4.42. The van der Waals surface area contributed by atoms with Crippen molar-refractivity contribution in [1.29, 1.82) is 0 Å². The average molecular weight is 275 g/mol. The fraction of sp³-hybridized carbons (Fsp3) is 0.688. The van der Waals surface area contributed by atoms with Crippen LogP contribution in [-0.4, -0.2) is 44.4 Å². The second-order valence-electron chi connectivity index (χ2n) is 6.12. The summed E-state index contributed by atoms with van der Waals surface area (Å²) in [6.45, 7) is 10.2. The van der Waals surface area contributed by atoms with Crippen LogP contribution in [0.2, 0.25) is 0 Å². The van der Waals surface area contributed by atoms with Gasteiger partial charge in [-0.25, -0.2) is 4.98 Å². The molecule has 0 saturated carbocycles. The summed E-state index contributed by atoms with van der Waals surface area (Å²) in [5.41, 5.74) is 2.74. The van der Waals surface area contributed by atoms with E-state index in [0.717, 1.165) is 51.6 Å². The molecule has 1 saturated heterocycles. The molecule has 1 atom stereocenters. The minimum absolute atomic E-state index is 0.522. The molecule has 1 unspecified atom stereocenters. The monoisotopic (exact) mass is 275 g/mol. The van der Waals surface area contributed by atoms with Crippen LogP contribution in [0.1, 0.15) is 31.0 Å². The molecule has 4 heteroatoms. The van der Waals surface area contributed by atoms with Crippen molar-refractivity contribution in [2.45, 2.75) is 26.2 Å². The highest BCUT2D eigenvalue weighted by molar-refractivity contribution is 5.43. The van der Waals surface area contributed by atoms with Gasteiger partial charge >= 0.3 is 0 Å². The predicted molar refractivity (Wildman–Crippen MR) is 81.4 cm³/mol. The summed E-state index contributed by atoms with van der Waals surface area (Å²) in [6.07, 6.45) is 1.09. The fourth-order valence-electron chi connectivity index (χ4n) is 3.12. The van der Waals surface area contributed by atoms with Gasteiger partial charge in [-0.1, -0.05) is 19.9 Å². The van der Waals surface area contributed by atoms with E-state index in [1.165, 1.54) is 11.3 Å². The van der Waals surface area contributed by atoms with Crippen molar-refractivity contribution in [2.75, 3.05) is 44.3 Å². The molecule has 3 rings (SSSR count). The minimum Gasteiger partial charge on any atom is -0.378 e. The van der Waals surface area contributed by atoms with Crippen LogP contribution in [0.15, 0.2) is 12.1 Å². The van der Waals surface area contributed by atoms with Gasteiger partial charge in [0.1, 0.15) is 5.82 Å². The van der Waals surface area contributed by atoms with Crippen molar-refractivity contribution in [1.82, 2.24) is 10.3 Å². The minimum atomic E-state index is 0.522. The molecule has 0 aliphatic carbocycles. The Labute approximate surface area is 121 Å². The van der Waals surface area contributed by atoms with Crippen LogP contribution in [-0.2, 0) is 11.2 Å². The molecule has 1 fully saturated rings. The van der Waals surface area contributed by atoms with Crippen LogP contribution in [0.4, 0.5) is 5.82 Å². The van der Waals surface area contributed by atoms with E-state index in [9.17, 15) is 0 Å². The third-order valence-corrected chi connectivity index (χ3v) is 4.42. The van der Waals surface area contributed by atoms with Gasteiger partial charge in [-0.2, -0.15) is 0 Å². The predicted octanol–water partition coefficient (Wildman–Crippen LogP) is 1.80. The van der Waals surface area contributed by atoms with Gasteiger partial charge in [0.15, 0.2) is 0 Å². The number of hydrogen-bond donors (Lipinski definition) is 1. The largest absolute Gasteiger partial charge is 0.378 e. The molecule has 3 heterocycles. The van der Waals surface area contributed by atoms with E-state index < -0.39 is 0 Å². The molecule has 1 N–H and O–H groups in total. The zero-order valence-corrected chi connectivity index (χ0v) is 12.6. The van der Waals surface area contributed by atoms with E-state index in [2.05, 4.69) is 36.2 Å². The van der Waals surface area contributed by atoms with Crippen LogP contribution in [0, 0.1) is 5.92 Å². The number of hydrogen-bond acceptors (Lipinski definition) is 4. The van der Waals surface area contributed by atoms with E-state index in [-0.39, 0.29) is 0 Å². The first-order valence-corrected chi connectivity index (χ1v) is 7.79. The number of nitrogens with one attached hydrogen (secondary N) is 1. The van der Waals surface area contributed by atoms with Gasteiger partial charge in [0.25, 0.3) is 0 Å². The zero-order chi connectivity index (χ0) is 13.9. The van der Waals surface area contributed by atoms with Crippen molar-refractivity contribution in [3.63, 3.8) is 0 Å². The lowest BCUT2D eigenvalue weighted by Crippen LogP contribution is -2.37. The van der Waals surface area contributed by atoms with Crippen LogP contribution in [0.25, 0.3) is 0 Å². The molecule has 1 aromatic heterocycles. The molecular weight excluding hydrogens is 250 g/mol. The molecule has 4 nitrogen and oxygen atoms in total. The molecule has 0 amide bonds. The topological polar surface area (TPSA) is 37.4 Å². The lowest BCUT2D eigenvalue weighted by Gasteiger charge is -2.29. The molecule has 0 radical (unpaired) electrons. The molecule has 2 aliphatic rings. The van der Waals surface area contributed by atoms with Crippen molar-refractivity contribution >= 4 is 5.82 Å². The number of morpholine rings is 1. The summed E-state index contributed by atoms with van der Waals surface area (Å²) >= 11 is 0. The van der Waals surface area contributed by atoms with Gasteiger partial charge in [-0.05, 0) is 30.5 Å². The number of rotatable bonds is 2. The van der Waals surface area contributed by atoms with E-state index in [1.54, 1.807) is 0 Å². The smallest absolute Gasteiger partial charge is 0.128 e. The molecule has 2 aliphatic heterocycles. The third kappa shape index (κ3) is 2.81. The number of fused-ring (bicyclic) bond motifs is 1. The van der Waals surface area contributed by atoms with E-state index >= 15 is 0 Å². The van der Waals surface area contributed by atoms with Gasteiger partial charge in [-0.15, -0.1) is 0 Å².